The van der Waals surface area contributed by atoms with Crippen LogP contribution < -0.4 is 0 Å². The maximum absolute atomic E-state index is 2.33. The van der Waals surface area contributed by atoms with Gasteiger partial charge in [-0.3, -0.25) is 0 Å². The van der Waals surface area contributed by atoms with Crippen molar-refractivity contribution in [2.24, 2.45) is 5.92 Å². The van der Waals surface area contributed by atoms with E-state index in [0.29, 0.717) is 0 Å². The Morgan fingerprint density at radius 1 is 0.938 bits per heavy atom. The molecule has 0 N–H and O–H groups in total. The summed E-state index contributed by atoms with van der Waals surface area (Å²) in [5, 5.41) is 0. The zero-order valence-corrected chi connectivity index (χ0v) is 10.9. The van der Waals surface area contributed by atoms with Crippen molar-refractivity contribution in [3.05, 3.63) is 35.9 Å². The summed E-state index contributed by atoms with van der Waals surface area (Å²) in [6.07, 6.45) is 9.58. The zero-order valence-electron chi connectivity index (χ0n) is 10.9. The first-order chi connectivity index (χ1) is 7.86. The van der Waals surface area contributed by atoms with Crippen molar-refractivity contribution in [1.82, 2.24) is 0 Å². The van der Waals surface area contributed by atoms with Crippen LogP contribution in [0.3, 0.4) is 0 Å². The van der Waals surface area contributed by atoms with E-state index in [2.05, 4.69) is 44.2 Å². The lowest BCUT2D eigenvalue weighted by atomic mass is 9.91. The highest BCUT2D eigenvalue weighted by Crippen LogP contribution is 2.19. The van der Waals surface area contributed by atoms with Crippen LogP contribution >= 0.6 is 0 Å². The molecule has 1 rings (SSSR count). The molecule has 90 valence electrons. The first-order valence-electron chi connectivity index (χ1n) is 6.90. The standard InChI is InChI=1S/C16H26/c1-3-5-6-8-11-15(4-2)14-16-12-9-7-10-13-16/h7,9-10,12-13,15H,3-6,8,11,14H2,1-2H3. The van der Waals surface area contributed by atoms with Gasteiger partial charge in [0.25, 0.3) is 0 Å². The highest BCUT2D eigenvalue weighted by Gasteiger charge is 2.06. The highest BCUT2D eigenvalue weighted by molar-refractivity contribution is 5.15. The largest absolute Gasteiger partial charge is 0.0654 e. The van der Waals surface area contributed by atoms with Gasteiger partial charge in [-0.05, 0) is 17.9 Å². The van der Waals surface area contributed by atoms with Crippen LogP contribution in [0.4, 0.5) is 0 Å². The van der Waals surface area contributed by atoms with Crippen LogP contribution in [0.15, 0.2) is 30.3 Å². The van der Waals surface area contributed by atoms with Gasteiger partial charge in [-0.1, -0.05) is 82.7 Å². The van der Waals surface area contributed by atoms with E-state index in [1.807, 2.05) is 0 Å². The fraction of sp³-hybridized carbons (Fsp3) is 0.625. The minimum atomic E-state index is 0.888. The monoisotopic (exact) mass is 218 g/mol. The molecule has 0 nitrogen and oxygen atoms in total. The van der Waals surface area contributed by atoms with E-state index in [1.165, 1.54) is 50.5 Å². The Kier molecular flexibility index (Phi) is 6.96. The van der Waals surface area contributed by atoms with Gasteiger partial charge in [0.2, 0.25) is 0 Å². The van der Waals surface area contributed by atoms with Crippen molar-refractivity contribution in [3.8, 4) is 0 Å². The van der Waals surface area contributed by atoms with Gasteiger partial charge in [-0.25, -0.2) is 0 Å². The molecule has 1 unspecified atom stereocenters. The summed E-state index contributed by atoms with van der Waals surface area (Å²) in [5.74, 6) is 0.888. The van der Waals surface area contributed by atoms with Crippen molar-refractivity contribution >= 4 is 0 Å². The van der Waals surface area contributed by atoms with E-state index in [9.17, 15) is 0 Å². The number of rotatable bonds is 8. The van der Waals surface area contributed by atoms with Crippen molar-refractivity contribution in [3.63, 3.8) is 0 Å². The Labute approximate surface area is 101 Å². The third-order valence-electron chi connectivity index (χ3n) is 3.41. The molecular formula is C16H26. The molecule has 0 saturated carbocycles. The van der Waals surface area contributed by atoms with E-state index in [0.717, 1.165) is 5.92 Å². The minimum Gasteiger partial charge on any atom is -0.0654 e. The van der Waals surface area contributed by atoms with Crippen LogP contribution in [0.2, 0.25) is 0 Å². The predicted octanol–water partition coefficient (Wildman–Crippen LogP) is 5.23. The summed E-state index contributed by atoms with van der Waals surface area (Å²) in [6.45, 7) is 4.61. The molecule has 0 spiro atoms. The second-order valence-corrected chi connectivity index (χ2v) is 4.81. The molecule has 16 heavy (non-hydrogen) atoms. The van der Waals surface area contributed by atoms with Gasteiger partial charge in [0.05, 0.1) is 0 Å². The SMILES string of the molecule is CCCCCCC(CC)Cc1ccccc1. The van der Waals surface area contributed by atoms with Gasteiger partial charge >= 0.3 is 0 Å². The summed E-state index contributed by atoms with van der Waals surface area (Å²) in [6, 6.07) is 10.9. The lowest BCUT2D eigenvalue weighted by Crippen LogP contribution is -2.03. The van der Waals surface area contributed by atoms with E-state index in [4.69, 9.17) is 0 Å². The molecule has 0 aliphatic carbocycles. The van der Waals surface area contributed by atoms with Crippen molar-refractivity contribution < 1.29 is 0 Å². The second kappa shape index (κ2) is 8.38. The lowest BCUT2D eigenvalue weighted by Gasteiger charge is -2.14. The molecule has 0 aromatic heterocycles. The van der Waals surface area contributed by atoms with Crippen molar-refractivity contribution in [2.45, 2.75) is 58.8 Å². The van der Waals surface area contributed by atoms with E-state index < -0.39 is 0 Å². The van der Waals surface area contributed by atoms with Gasteiger partial charge in [0.15, 0.2) is 0 Å². The van der Waals surface area contributed by atoms with Crippen molar-refractivity contribution in [2.75, 3.05) is 0 Å². The van der Waals surface area contributed by atoms with E-state index in [-0.39, 0.29) is 0 Å². The van der Waals surface area contributed by atoms with Crippen molar-refractivity contribution in [1.29, 1.82) is 0 Å². The minimum absolute atomic E-state index is 0.888. The quantitative estimate of drug-likeness (QED) is 0.524. The summed E-state index contributed by atoms with van der Waals surface area (Å²) in [5.41, 5.74) is 1.50. The summed E-state index contributed by atoms with van der Waals surface area (Å²) >= 11 is 0. The molecule has 0 amide bonds. The van der Waals surface area contributed by atoms with Gasteiger partial charge in [-0.2, -0.15) is 0 Å². The van der Waals surface area contributed by atoms with Crippen LogP contribution in [-0.4, -0.2) is 0 Å². The number of benzene rings is 1. The van der Waals surface area contributed by atoms with Crippen LogP contribution in [0, 0.1) is 5.92 Å². The van der Waals surface area contributed by atoms with Crippen LogP contribution in [0.25, 0.3) is 0 Å². The molecule has 0 heteroatoms. The molecule has 0 bridgehead atoms. The van der Waals surface area contributed by atoms with Crippen LogP contribution in [0.1, 0.15) is 57.9 Å². The van der Waals surface area contributed by atoms with Gasteiger partial charge < -0.3 is 0 Å². The summed E-state index contributed by atoms with van der Waals surface area (Å²) in [7, 11) is 0. The predicted molar refractivity (Wildman–Crippen MR) is 72.7 cm³/mol. The van der Waals surface area contributed by atoms with Gasteiger partial charge in [0, 0.05) is 0 Å². The average molecular weight is 218 g/mol. The smallest absolute Gasteiger partial charge is 0.0250 e. The summed E-state index contributed by atoms with van der Waals surface area (Å²) in [4.78, 5) is 0. The molecular weight excluding hydrogens is 192 g/mol. The molecule has 0 heterocycles. The topological polar surface area (TPSA) is 0 Å². The molecule has 1 aromatic rings. The van der Waals surface area contributed by atoms with Crippen LogP contribution in [0.5, 0.6) is 0 Å². The molecule has 0 saturated heterocycles. The fourth-order valence-electron chi connectivity index (χ4n) is 2.26. The Balaban J connectivity index is 2.26. The number of unbranched alkanes of at least 4 members (excludes halogenated alkanes) is 3. The zero-order chi connectivity index (χ0) is 11.6. The maximum Gasteiger partial charge on any atom is -0.0250 e. The van der Waals surface area contributed by atoms with Crippen LogP contribution in [-0.2, 0) is 6.42 Å². The van der Waals surface area contributed by atoms with E-state index in [1.54, 1.807) is 0 Å². The molecule has 0 radical (unpaired) electrons. The number of hydrogen-bond donors (Lipinski definition) is 0. The first kappa shape index (κ1) is 13.3. The lowest BCUT2D eigenvalue weighted by molar-refractivity contribution is 0.439. The Bertz CT molecular complexity index is 250. The average Bonchev–Trinajstić information content (AvgIpc) is 2.34. The molecule has 0 fully saturated rings. The fourth-order valence-corrected chi connectivity index (χ4v) is 2.26. The molecule has 0 aliphatic heterocycles. The Morgan fingerprint density at radius 3 is 2.31 bits per heavy atom. The Morgan fingerprint density at radius 2 is 1.69 bits per heavy atom. The third-order valence-corrected chi connectivity index (χ3v) is 3.41. The number of hydrogen-bond acceptors (Lipinski definition) is 0. The molecule has 1 atom stereocenters. The van der Waals surface area contributed by atoms with Gasteiger partial charge in [0.1, 0.15) is 0 Å². The normalized spacial score (nSPS) is 12.6. The highest BCUT2D eigenvalue weighted by atomic mass is 14.1. The second-order valence-electron chi connectivity index (χ2n) is 4.81. The third kappa shape index (κ3) is 5.34. The maximum atomic E-state index is 2.33. The van der Waals surface area contributed by atoms with Gasteiger partial charge in [-0.15, -0.1) is 0 Å². The molecule has 0 aliphatic rings. The Hall–Kier alpha value is -0.780. The molecule has 1 aromatic carbocycles. The first-order valence-corrected chi connectivity index (χ1v) is 6.90. The van der Waals surface area contributed by atoms with E-state index >= 15 is 0 Å². The summed E-state index contributed by atoms with van der Waals surface area (Å²) < 4.78 is 0.